The fourth-order valence-electron chi connectivity index (χ4n) is 3.80. The predicted molar refractivity (Wildman–Crippen MR) is 98.8 cm³/mol. The van der Waals surface area contributed by atoms with E-state index in [2.05, 4.69) is 10.6 Å². The van der Waals surface area contributed by atoms with E-state index in [4.69, 9.17) is 5.11 Å². The molecule has 0 bridgehead atoms. The highest BCUT2D eigenvalue weighted by atomic mass is 16.4. The number of carboxylic acids is 1. The number of rotatable bonds is 8. The van der Waals surface area contributed by atoms with Crippen molar-refractivity contribution >= 4 is 17.9 Å². The van der Waals surface area contributed by atoms with Gasteiger partial charge in [0, 0.05) is 32.1 Å². The number of nitrogens with zero attached hydrogens (tertiary/aromatic N) is 1. The van der Waals surface area contributed by atoms with Crippen molar-refractivity contribution in [2.45, 2.75) is 76.7 Å². The van der Waals surface area contributed by atoms with Crippen LogP contribution in [-0.4, -0.2) is 53.6 Å². The van der Waals surface area contributed by atoms with Crippen molar-refractivity contribution in [3.8, 4) is 0 Å². The van der Waals surface area contributed by atoms with E-state index in [-0.39, 0.29) is 17.9 Å². The second-order valence-electron chi connectivity index (χ2n) is 7.54. The lowest BCUT2D eigenvalue weighted by Gasteiger charge is -2.30. The third kappa shape index (κ3) is 7.22. The van der Waals surface area contributed by atoms with Crippen molar-refractivity contribution in [1.29, 1.82) is 0 Å². The highest BCUT2D eigenvalue weighted by Crippen LogP contribution is 2.19. The van der Waals surface area contributed by atoms with E-state index < -0.39 is 5.97 Å². The highest BCUT2D eigenvalue weighted by Gasteiger charge is 2.26. The van der Waals surface area contributed by atoms with E-state index in [9.17, 15) is 14.4 Å². The molecular formula is C19H33N3O4. The van der Waals surface area contributed by atoms with Gasteiger partial charge in [0.25, 0.3) is 0 Å². The molecule has 3 amide bonds. The molecule has 0 aromatic carbocycles. The quantitative estimate of drug-likeness (QED) is 0.574. The Morgan fingerprint density at radius 3 is 2.27 bits per heavy atom. The average Bonchev–Trinajstić information content (AvgIpc) is 2.65. The smallest absolute Gasteiger partial charge is 0.315 e. The van der Waals surface area contributed by atoms with E-state index in [1.165, 1.54) is 19.3 Å². The molecule has 1 aliphatic carbocycles. The Kier molecular flexibility index (Phi) is 8.71. The molecule has 2 fully saturated rings. The zero-order valence-electron chi connectivity index (χ0n) is 15.7. The first-order valence-electron chi connectivity index (χ1n) is 10.1. The SMILES string of the molecule is O=C(NCCCCCC(=O)N1CCC(C(=O)O)CC1)NC1CCCCC1. The Morgan fingerprint density at radius 2 is 1.62 bits per heavy atom. The van der Waals surface area contributed by atoms with Gasteiger partial charge >= 0.3 is 12.0 Å². The largest absolute Gasteiger partial charge is 0.481 e. The van der Waals surface area contributed by atoms with Gasteiger partial charge in [-0.3, -0.25) is 9.59 Å². The van der Waals surface area contributed by atoms with Crippen LogP contribution in [0.2, 0.25) is 0 Å². The third-order valence-electron chi connectivity index (χ3n) is 5.49. The summed E-state index contributed by atoms with van der Waals surface area (Å²) in [7, 11) is 0. The maximum absolute atomic E-state index is 12.1. The standard InChI is InChI=1S/C19H33N3O4/c23-17(22-13-10-15(11-14-22)18(24)25)9-5-2-6-12-20-19(26)21-16-7-3-1-4-8-16/h15-16H,1-14H2,(H,24,25)(H2,20,21,26). The fourth-order valence-corrected chi connectivity index (χ4v) is 3.80. The number of hydrogen-bond donors (Lipinski definition) is 3. The summed E-state index contributed by atoms with van der Waals surface area (Å²) < 4.78 is 0. The number of carbonyl (C=O) groups is 3. The van der Waals surface area contributed by atoms with E-state index in [0.29, 0.717) is 44.9 Å². The summed E-state index contributed by atoms with van der Waals surface area (Å²) in [4.78, 5) is 36.7. The van der Waals surface area contributed by atoms with Crippen LogP contribution < -0.4 is 10.6 Å². The molecule has 7 heteroatoms. The van der Waals surface area contributed by atoms with Crippen molar-refractivity contribution in [1.82, 2.24) is 15.5 Å². The number of hydrogen-bond acceptors (Lipinski definition) is 3. The van der Waals surface area contributed by atoms with Gasteiger partial charge in [-0.15, -0.1) is 0 Å². The van der Waals surface area contributed by atoms with Gasteiger partial charge in [-0.2, -0.15) is 0 Å². The molecule has 3 N–H and O–H groups in total. The Balaban J connectivity index is 1.46. The summed E-state index contributed by atoms with van der Waals surface area (Å²) in [5.41, 5.74) is 0. The fraction of sp³-hybridized carbons (Fsp3) is 0.842. The molecule has 26 heavy (non-hydrogen) atoms. The molecule has 0 aromatic rings. The van der Waals surface area contributed by atoms with Crippen LogP contribution in [0, 0.1) is 5.92 Å². The molecule has 0 atom stereocenters. The van der Waals surface area contributed by atoms with Crippen molar-refractivity contribution < 1.29 is 19.5 Å². The average molecular weight is 367 g/mol. The predicted octanol–water partition coefficient (Wildman–Crippen LogP) is 2.50. The molecule has 0 aromatic heterocycles. The van der Waals surface area contributed by atoms with Gasteiger partial charge < -0.3 is 20.6 Å². The Morgan fingerprint density at radius 1 is 0.923 bits per heavy atom. The number of likely N-dealkylation sites (tertiary alicyclic amines) is 1. The first-order chi connectivity index (χ1) is 12.6. The van der Waals surface area contributed by atoms with Crippen LogP contribution in [0.3, 0.4) is 0 Å². The summed E-state index contributed by atoms with van der Waals surface area (Å²) in [6.07, 6.45) is 10.0. The lowest BCUT2D eigenvalue weighted by molar-refractivity contribution is -0.145. The number of aliphatic carboxylic acids is 1. The van der Waals surface area contributed by atoms with Crippen molar-refractivity contribution in [2.75, 3.05) is 19.6 Å². The normalized spacial score (nSPS) is 19.2. The van der Waals surface area contributed by atoms with E-state index in [1.54, 1.807) is 4.90 Å². The van der Waals surface area contributed by atoms with E-state index >= 15 is 0 Å². The highest BCUT2D eigenvalue weighted by molar-refractivity contribution is 5.77. The van der Waals surface area contributed by atoms with Gasteiger partial charge in [-0.1, -0.05) is 25.7 Å². The zero-order chi connectivity index (χ0) is 18.8. The van der Waals surface area contributed by atoms with Crippen molar-refractivity contribution in [3.63, 3.8) is 0 Å². The van der Waals surface area contributed by atoms with Gasteiger partial charge in [0.1, 0.15) is 0 Å². The number of nitrogens with one attached hydrogen (secondary N) is 2. The number of piperidine rings is 1. The molecule has 7 nitrogen and oxygen atoms in total. The minimum atomic E-state index is -0.753. The van der Waals surface area contributed by atoms with Crippen LogP contribution in [0.25, 0.3) is 0 Å². The Labute approximate surface area is 155 Å². The lowest BCUT2D eigenvalue weighted by atomic mass is 9.96. The van der Waals surface area contributed by atoms with Gasteiger partial charge in [-0.05, 0) is 38.5 Å². The topological polar surface area (TPSA) is 98.7 Å². The molecule has 0 unspecified atom stereocenters. The summed E-state index contributed by atoms with van der Waals surface area (Å²) >= 11 is 0. The van der Waals surface area contributed by atoms with Gasteiger partial charge in [0.2, 0.25) is 5.91 Å². The molecule has 1 aliphatic heterocycles. The number of amides is 3. The Hall–Kier alpha value is -1.79. The maximum Gasteiger partial charge on any atom is 0.315 e. The van der Waals surface area contributed by atoms with Crippen LogP contribution in [0.15, 0.2) is 0 Å². The van der Waals surface area contributed by atoms with Crippen LogP contribution in [0.5, 0.6) is 0 Å². The second kappa shape index (κ2) is 11.0. The number of unbranched alkanes of at least 4 members (excludes halogenated alkanes) is 2. The summed E-state index contributed by atoms with van der Waals surface area (Å²) in [5, 5.41) is 14.9. The lowest BCUT2D eigenvalue weighted by Crippen LogP contribution is -2.43. The molecule has 1 saturated heterocycles. The third-order valence-corrected chi connectivity index (χ3v) is 5.49. The van der Waals surface area contributed by atoms with Gasteiger partial charge in [0.15, 0.2) is 0 Å². The van der Waals surface area contributed by atoms with Crippen LogP contribution in [0.4, 0.5) is 4.79 Å². The van der Waals surface area contributed by atoms with Crippen LogP contribution in [-0.2, 0) is 9.59 Å². The summed E-state index contributed by atoms with van der Waals surface area (Å²) in [5.74, 6) is -0.932. The monoisotopic (exact) mass is 367 g/mol. The molecule has 0 spiro atoms. The number of urea groups is 1. The molecule has 1 heterocycles. The van der Waals surface area contributed by atoms with Crippen molar-refractivity contribution in [2.24, 2.45) is 5.92 Å². The van der Waals surface area contributed by atoms with E-state index in [0.717, 1.165) is 32.1 Å². The first kappa shape index (κ1) is 20.5. The van der Waals surface area contributed by atoms with Gasteiger partial charge in [-0.25, -0.2) is 4.79 Å². The Bertz CT molecular complexity index is 469. The van der Waals surface area contributed by atoms with Crippen LogP contribution >= 0.6 is 0 Å². The number of carbonyl (C=O) groups excluding carboxylic acids is 2. The van der Waals surface area contributed by atoms with E-state index in [1.807, 2.05) is 0 Å². The second-order valence-corrected chi connectivity index (χ2v) is 7.54. The summed E-state index contributed by atoms with van der Waals surface area (Å²) in [6, 6.07) is 0.251. The minimum absolute atomic E-state index is 0.0747. The zero-order valence-corrected chi connectivity index (χ0v) is 15.7. The number of carboxylic acid groups (broad SMARTS) is 1. The van der Waals surface area contributed by atoms with Gasteiger partial charge in [0.05, 0.1) is 5.92 Å². The molecular weight excluding hydrogens is 334 g/mol. The molecule has 0 radical (unpaired) electrons. The molecule has 2 rings (SSSR count). The van der Waals surface area contributed by atoms with Crippen molar-refractivity contribution in [3.05, 3.63) is 0 Å². The molecule has 148 valence electrons. The van der Waals surface area contributed by atoms with Crippen LogP contribution in [0.1, 0.15) is 70.6 Å². The molecule has 2 aliphatic rings. The summed E-state index contributed by atoms with van der Waals surface area (Å²) in [6.45, 7) is 1.74. The first-order valence-corrected chi connectivity index (χ1v) is 10.1. The minimum Gasteiger partial charge on any atom is -0.481 e. The maximum atomic E-state index is 12.1. The molecule has 1 saturated carbocycles.